The van der Waals surface area contributed by atoms with E-state index < -0.39 is 0 Å². The Bertz CT molecular complexity index is 209. The molecule has 0 aliphatic heterocycles. The predicted molar refractivity (Wildman–Crippen MR) is 85.4 cm³/mol. The van der Waals surface area contributed by atoms with Gasteiger partial charge in [0.25, 0.3) is 0 Å². The molecule has 0 heterocycles. The molecular formula is C17H36N2. The minimum atomic E-state index is 0.640. The van der Waals surface area contributed by atoms with Crippen molar-refractivity contribution >= 4 is 0 Å². The summed E-state index contributed by atoms with van der Waals surface area (Å²) in [5, 5.41) is 0. The molecule has 2 N–H and O–H groups in total. The van der Waals surface area contributed by atoms with Crippen LogP contribution in [0, 0.1) is 11.8 Å². The van der Waals surface area contributed by atoms with Crippen LogP contribution in [0.2, 0.25) is 0 Å². The van der Waals surface area contributed by atoms with Crippen LogP contribution in [0.5, 0.6) is 0 Å². The standard InChI is InChI=1S/C17H36N2/c1-4-6-11-19(12-7-5-2)17(14-18)16-10-8-9-15(3)13-16/h15-17H,4-14,18H2,1-3H3. The molecule has 1 aliphatic rings. The van der Waals surface area contributed by atoms with Crippen molar-refractivity contribution in [1.82, 2.24) is 4.90 Å². The summed E-state index contributed by atoms with van der Waals surface area (Å²) in [5.74, 6) is 1.76. The molecule has 2 nitrogen and oxygen atoms in total. The monoisotopic (exact) mass is 268 g/mol. The molecule has 19 heavy (non-hydrogen) atoms. The lowest BCUT2D eigenvalue weighted by Crippen LogP contribution is -2.47. The van der Waals surface area contributed by atoms with E-state index in [1.54, 1.807) is 0 Å². The largest absolute Gasteiger partial charge is 0.329 e. The van der Waals surface area contributed by atoms with Crippen LogP contribution in [0.3, 0.4) is 0 Å². The van der Waals surface area contributed by atoms with Crippen LogP contribution >= 0.6 is 0 Å². The van der Waals surface area contributed by atoms with E-state index in [1.807, 2.05) is 0 Å². The Kier molecular flexibility index (Phi) is 8.72. The number of nitrogens with two attached hydrogens (primary N) is 1. The van der Waals surface area contributed by atoms with Crippen molar-refractivity contribution in [3.63, 3.8) is 0 Å². The van der Waals surface area contributed by atoms with Crippen LogP contribution in [0.25, 0.3) is 0 Å². The number of nitrogens with zero attached hydrogens (tertiary/aromatic N) is 1. The zero-order valence-electron chi connectivity index (χ0n) is 13.5. The lowest BCUT2D eigenvalue weighted by atomic mass is 9.78. The summed E-state index contributed by atoms with van der Waals surface area (Å²) in [6.07, 6.45) is 10.9. The van der Waals surface area contributed by atoms with Crippen LogP contribution in [0.1, 0.15) is 72.1 Å². The molecule has 0 bridgehead atoms. The maximum atomic E-state index is 6.15. The van der Waals surface area contributed by atoms with Gasteiger partial charge in [0, 0.05) is 12.6 Å². The molecule has 1 saturated carbocycles. The van der Waals surface area contributed by atoms with Gasteiger partial charge in [0.1, 0.15) is 0 Å². The minimum Gasteiger partial charge on any atom is -0.329 e. The number of hydrogen-bond acceptors (Lipinski definition) is 2. The maximum Gasteiger partial charge on any atom is 0.0246 e. The van der Waals surface area contributed by atoms with Crippen molar-refractivity contribution in [1.29, 1.82) is 0 Å². The smallest absolute Gasteiger partial charge is 0.0246 e. The second kappa shape index (κ2) is 9.77. The van der Waals surface area contributed by atoms with E-state index in [0.29, 0.717) is 6.04 Å². The summed E-state index contributed by atoms with van der Waals surface area (Å²) in [6.45, 7) is 10.4. The summed E-state index contributed by atoms with van der Waals surface area (Å²) in [7, 11) is 0. The van der Waals surface area contributed by atoms with Gasteiger partial charge in [0.2, 0.25) is 0 Å². The third-order valence-corrected chi connectivity index (χ3v) is 4.83. The molecule has 0 aromatic rings. The van der Waals surface area contributed by atoms with E-state index in [-0.39, 0.29) is 0 Å². The molecule has 2 heteroatoms. The van der Waals surface area contributed by atoms with Crippen LogP contribution in [-0.2, 0) is 0 Å². The fourth-order valence-corrected chi connectivity index (χ4v) is 3.64. The maximum absolute atomic E-state index is 6.15. The summed E-state index contributed by atoms with van der Waals surface area (Å²) in [5.41, 5.74) is 6.15. The van der Waals surface area contributed by atoms with Gasteiger partial charge in [-0.25, -0.2) is 0 Å². The minimum absolute atomic E-state index is 0.640. The van der Waals surface area contributed by atoms with Gasteiger partial charge in [0.15, 0.2) is 0 Å². The molecule has 1 fully saturated rings. The van der Waals surface area contributed by atoms with E-state index in [4.69, 9.17) is 5.73 Å². The Hall–Kier alpha value is -0.0800. The Balaban J connectivity index is 2.58. The fourth-order valence-electron chi connectivity index (χ4n) is 3.64. The van der Waals surface area contributed by atoms with Crippen molar-refractivity contribution in [3.8, 4) is 0 Å². The lowest BCUT2D eigenvalue weighted by Gasteiger charge is -2.40. The van der Waals surface area contributed by atoms with Crippen LogP contribution in [0.4, 0.5) is 0 Å². The summed E-state index contributed by atoms with van der Waals surface area (Å²) in [4.78, 5) is 2.72. The quantitative estimate of drug-likeness (QED) is 0.684. The Morgan fingerprint density at radius 3 is 2.21 bits per heavy atom. The number of rotatable bonds is 9. The zero-order valence-corrected chi connectivity index (χ0v) is 13.5. The molecule has 0 aromatic heterocycles. The van der Waals surface area contributed by atoms with Gasteiger partial charge in [-0.15, -0.1) is 0 Å². The topological polar surface area (TPSA) is 29.3 Å². The van der Waals surface area contributed by atoms with Crippen LogP contribution < -0.4 is 5.73 Å². The van der Waals surface area contributed by atoms with E-state index in [0.717, 1.165) is 18.4 Å². The van der Waals surface area contributed by atoms with Crippen LogP contribution in [0.15, 0.2) is 0 Å². The Morgan fingerprint density at radius 2 is 1.74 bits per heavy atom. The summed E-state index contributed by atoms with van der Waals surface area (Å²) in [6, 6.07) is 0.640. The predicted octanol–water partition coefficient (Wildman–Crippen LogP) is 4.04. The first-order valence-corrected chi connectivity index (χ1v) is 8.67. The van der Waals surface area contributed by atoms with Gasteiger partial charge in [-0.3, -0.25) is 4.90 Å². The third-order valence-electron chi connectivity index (χ3n) is 4.83. The average Bonchev–Trinajstić information content (AvgIpc) is 2.42. The van der Waals surface area contributed by atoms with Crippen LogP contribution in [-0.4, -0.2) is 30.6 Å². The molecule has 114 valence electrons. The highest BCUT2D eigenvalue weighted by Crippen LogP contribution is 2.32. The van der Waals surface area contributed by atoms with E-state index in [2.05, 4.69) is 25.7 Å². The molecule has 1 aliphatic carbocycles. The number of hydrogen-bond donors (Lipinski definition) is 1. The Labute approximate surface area is 121 Å². The Morgan fingerprint density at radius 1 is 1.11 bits per heavy atom. The molecule has 1 rings (SSSR count). The van der Waals surface area contributed by atoms with Gasteiger partial charge < -0.3 is 5.73 Å². The molecule has 0 amide bonds. The van der Waals surface area contributed by atoms with Crippen molar-refractivity contribution < 1.29 is 0 Å². The van der Waals surface area contributed by atoms with Gasteiger partial charge in [0.05, 0.1) is 0 Å². The first-order chi connectivity index (χ1) is 9.22. The lowest BCUT2D eigenvalue weighted by molar-refractivity contribution is 0.104. The van der Waals surface area contributed by atoms with E-state index >= 15 is 0 Å². The number of unbranched alkanes of at least 4 members (excludes halogenated alkanes) is 2. The van der Waals surface area contributed by atoms with Gasteiger partial charge in [-0.1, -0.05) is 46.5 Å². The first-order valence-electron chi connectivity index (χ1n) is 8.67. The van der Waals surface area contributed by atoms with Crippen molar-refractivity contribution in [2.24, 2.45) is 17.6 Å². The molecule has 3 unspecified atom stereocenters. The molecular weight excluding hydrogens is 232 g/mol. The SMILES string of the molecule is CCCCN(CCCC)C(CN)C1CCCC(C)C1. The molecule has 3 atom stereocenters. The zero-order chi connectivity index (χ0) is 14.1. The molecule has 0 spiro atoms. The van der Waals surface area contributed by atoms with Crippen molar-refractivity contribution in [2.45, 2.75) is 78.2 Å². The van der Waals surface area contributed by atoms with Gasteiger partial charge in [-0.05, 0) is 50.6 Å². The first kappa shape index (κ1) is 17.0. The normalized spacial score (nSPS) is 25.7. The third kappa shape index (κ3) is 5.83. The van der Waals surface area contributed by atoms with E-state index in [9.17, 15) is 0 Å². The summed E-state index contributed by atoms with van der Waals surface area (Å²) < 4.78 is 0. The van der Waals surface area contributed by atoms with Crippen molar-refractivity contribution in [3.05, 3.63) is 0 Å². The highest BCUT2D eigenvalue weighted by atomic mass is 15.2. The summed E-state index contributed by atoms with van der Waals surface area (Å²) >= 11 is 0. The average molecular weight is 268 g/mol. The second-order valence-corrected chi connectivity index (χ2v) is 6.58. The van der Waals surface area contributed by atoms with E-state index in [1.165, 1.54) is 64.5 Å². The fraction of sp³-hybridized carbons (Fsp3) is 1.00. The molecule has 0 saturated heterocycles. The highest BCUT2D eigenvalue weighted by Gasteiger charge is 2.29. The highest BCUT2D eigenvalue weighted by molar-refractivity contribution is 4.84. The molecule has 0 aromatic carbocycles. The second-order valence-electron chi connectivity index (χ2n) is 6.58. The van der Waals surface area contributed by atoms with Gasteiger partial charge in [-0.2, -0.15) is 0 Å². The van der Waals surface area contributed by atoms with Gasteiger partial charge >= 0.3 is 0 Å². The molecule has 0 radical (unpaired) electrons. The van der Waals surface area contributed by atoms with Crippen molar-refractivity contribution in [2.75, 3.05) is 19.6 Å².